The lowest BCUT2D eigenvalue weighted by Gasteiger charge is -2.25. The molecule has 8 heteroatoms. The number of rotatable bonds is 6. The highest BCUT2D eigenvalue weighted by Gasteiger charge is 2.36. The Morgan fingerprint density at radius 2 is 1.62 bits per heavy atom. The molecule has 0 fully saturated rings. The molecule has 0 radical (unpaired) electrons. The highest BCUT2D eigenvalue weighted by atomic mass is 32.2. The number of amides is 1. The Morgan fingerprint density at radius 1 is 1.00 bits per heavy atom. The number of nitrogens with zero attached hydrogens (tertiary/aromatic N) is 3. The van der Waals surface area contributed by atoms with Crippen LogP contribution < -0.4 is 0 Å². The molecule has 1 aromatic heterocycles. The molecule has 1 atom stereocenters. The van der Waals surface area contributed by atoms with Crippen molar-refractivity contribution in [3.8, 4) is 0 Å². The first-order chi connectivity index (χ1) is 13.8. The Hall–Kier alpha value is -2.61. The first-order valence-corrected chi connectivity index (χ1v) is 10.1. The number of fused-ring (bicyclic) bond motifs is 1. The van der Waals surface area contributed by atoms with Crippen molar-refractivity contribution in [1.82, 2.24) is 14.9 Å². The van der Waals surface area contributed by atoms with Crippen molar-refractivity contribution in [2.75, 3.05) is 13.1 Å². The molecule has 0 spiro atoms. The molecule has 0 saturated heterocycles. The van der Waals surface area contributed by atoms with Crippen molar-refractivity contribution in [1.29, 1.82) is 0 Å². The largest absolute Gasteiger partial charge is 0.451 e. The molecule has 0 aliphatic carbocycles. The summed E-state index contributed by atoms with van der Waals surface area (Å²) in [7, 11) is 0. The molecule has 0 aliphatic rings. The van der Waals surface area contributed by atoms with Crippen LogP contribution in [0.1, 0.15) is 30.5 Å². The Kier molecular flexibility index (Phi) is 6.42. The summed E-state index contributed by atoms with van der Waals surface area (Å²) in [5, 5.41) is -0.0912. The molecular formula is C21H20F3N3OS. The summed E-state index contributed by atoms with van der Waals surface area (Å²) in [5.74, 6) is -1.37. The molecule has 4 nitrogen and oxygen atoms in total. The van der Waals surface area contributed by atoms with Crippen LogP contribution in [0.2, 0.25) is 0 Å². The lowest BCUT2D eigenvalue weighted by Crippen LogP contribution is -2.33. The van der Waals surface area contributed by atoms with Gasteiger partial charge < -0.3 is 4.90 Å². The van der Waals surface area contributed by atoms with Gasteiger partial charge in [0.2, 0.25) is 11.7 Å². The van der Waals surface area contributed by atoms with Crippen LogP contribution in [0.25, 0.3) is 10.9 Å². The molecule has 1 heterocycles. The van der Waals surface area contributed by atoms with Crippen molar-refractivity contribution >= 4 is 28.6 Å². The smallest absolute Gasteiger partial charge is 0.342 e. The number of halogens is 3. The monoisotopic (exact) mass is 419 g/mol. The van der Waals surface area contributed by atoms with E-state index in [1.54, 1.807) is 47.4 Å². The summed E-state index contributed by atoms with van der Waals surface area (Å²) in [6.45, 7) is 4.76. The first kappa shape index (κ1) is 21.1. The van der Waals surface area contributed by atoms with Crippen molar-refractivity contribution in [3.05, 3.63) is 66.0 Å². The Balaban J connectivity index is 2.12. The van der Waals surface area contributed by atoms with Crippen molar-refractivity contribution in [2.45, 2.75) is 30.3 Å². The number of likely N-dealkylation sites (N-methyl/N-ethyl adjacent to an activating group) is 1. The third-order valence-corrected chi connectivity index (χ3v) is 5.70. The van der Waals surface area contributed by atoms with Crippen LogP contribution in [-0.2, 0) is 11.0 Å². The van der Waals surface area contributed by atoms with Crippen LogP contribution in [0.5, 0.6) is 0 Å². The van der Waals surface area contributed by atoms with Gasteiger partial charge in [0, 0.05) is 18.5 Å². The van der Waals surface area contributed by atoms with Gasteiger partial charge in [0.25, 0.3) is 0 Å². The number of para-hydroxylation sites is 1. The Labute approximate surface area is 171 Å². The van der Waals surface area contributed by atoms with Gasteiger partial charge in [0.05, 0.1) is 5.52 Å². The van der Waals surface area contributed by atoms with Gasteiger partial charge in [-0.25, -0.2) is 9.97 Å². The molecular weight excluding hydrogens is 399 g/mol. The van der Waals surface area contributed by atoms with E-state index in [0.29, 0.717) is 24.0 Å². The third-order valence-electron chi connectivity index (χ3n) is 4.45. The van der Waals surface area contributed by atoms with Crippen molar-refractivity contribution in [2.24, 2.45) is 0 Å². The molecule has 2 aromatic carbocycles. The summed E-state index contributed by atoms with van der Waals surface area (Å²) < 4.78 is 40.0. The van der Waals surface area contributed by atoms with E-state index in [0.717, 1.165) is 11.8 Å². The maximum Gasteiger partial charge on any atom is 0.451 e. The summed E-state index contributed by atoms with van der Waals surface area (Å²) in [5.41, 5.74) is 0.907. The maximum atomic E-state index is 13.3. The van der Waals surface area contributed by atoms with Crippen LogP contribution in [-0.4, -0.2) is 33.9 Å². The number of hydrogen-bond acceptors (Lipinski definition) is 4. The second-order valence-electron chi connectivity index (χ2n) is 6.29. The van der Waals surface area contributed by atoms with E-state index < -0.39 is 17.3 Å². The molecule has 3 rings (SSSR count). The summed E-state index contributed by atoms with van der Waals surface area (Å²) in [6, 6.07) is 15.6. The molecule has 0 bridgehead atoms. The SMILES string of the molecule is CCN(CC)C(=O)[C@@H](Sc1nc(C(F)(F)F)nc2ccccc12)c1ccccc1. The zero-order valence-electron chi connectivity index (χ0n) is 16.0. The van der Waals surface area contributed by atoms with Gasteiger partial charge in [-0.1, -0.05) is 60.3 Å². The van der Waals surface area contributed by atoms with Gasteiger partial charge in [-0.2, -0.15) is 13.2 Å². The fourth-order valence-electron chi connectivity index (χ4n) is 2.97. The third kappa shape index (κ3) is 4.70. The fraction of sp³-hybridized carbons (Fsp3) is 0.286. The average Bonchev–Trinajstić information content (AvgIpc) is 2.72. The predicted octanol–water partition coefficient (Wildman–Crippen LogP) is 5.35. The van der Waals surface area contributed by atoms with Gasteiger partial charge in [0.15, 0.2) is 0 Å². The highest BCUT2D eigenvalue weighted by Crippen LogP contribution is 2.40. The van der Waals surface area contributed by atoms with E-state index in [9.17, 15) is 18.0 Å². The lowest BCUT2D eigenvalue weighted by molar-refractivity contribution is -0.145. The zero-order chi connectivity index (χ0) is 21.0. The normalized spacial score (nSPS) is 12.7. The quantitative estimate of drug-likeness (QED) is 0.399. The molecule has 152 valence electrons. The van der Waals surface area contributed by atoms with Crippen LogP contribution in [0.4, 0.5) is 13.2 Å². The van der Waals surface area contributed by atoms with E-state index >= 15 is 0 Å². The zero-order valence-corrected chi connectivity index (χ0v) is 16.8. The first-order valence-electron chi connectivity index (χ1n) is 9.19. The number of hydrogen-bond donors (Lipinski definition) is 0. The minimum atomic E-state index is -4.68. The average molecular weight is 419 g/mol. The van der Waals surface area contributed by atoms with E-state index in [-0.39, 0.29) is 16.4 Å². The van der Waals surface area contributed by atoms with E-state index in [1.165, 1.54) is 6.07 Å². The maximum absolute atomic E-state index is 13.3. The van der Waals surface area contributed by atoms with Crippen LogP contribution >= 0.6 is 11.8 Å². The van der Waals surface area contributed by atoms with Crippen LogP contribution in [0.15, 0.2) is 59.6 Å². The summed E-state index contributed by atoms with van der Waals surface area (Å²) in [4.78, 5) is 22.3. The van der Waals surface area contributed by atoms with E-state index in [1.807, 2.05) is 19.9 Å². The lowest BCUT2D eigenvalue weighted by atomic mass is 10.1. The molecule has 0 saturated carbocycles. The number of thioether (sulfide) groups is 1. The van der Waals surface area contributed by atoms with E-state index in [2.05, 4.69) is 9.97 Å². The van der Waals surface area contributed by atoms with Gasteiger partial charge in [-0.15, -0.1) is 0 Å². The molecule has 29 heavy (non-hydrogen) atoms. The number of carbonyl (C=O) groups excluding carboxylic acids is 1. The molecule has 3 aromatic rings. The summed E-state index contributed by atoms with van der Waals surface area (Å²) >= 11 is 1.03. The topological polar surface area (TPSA) is 46.1 Å². The number of carbonyl (C=O) groups is 1. The van der Waals surface area contributed by atoms with Crippen molar-refractivity contribution < 1.29 is 18.0 Å². The van der Waals surface area contributed by atoms with Gasteiger partial charge >= 0.3 is 6.18 Å². The fourth-order valence-corrected chi connectivity index (χ4v) is 4.17. The van der Waals surface area contributed by atoms with Crippen LogP contribution in [0, 0.1) is 0 Å². The second kappa shape index (κ2) is 8.82. The minimum absolute atomic E-state index is 0.136. The van der Waals surface area contributed by atoms with Crippen LogP contribution in [0.3, 0.4) is 0 Å². The predicted molar refractivity (Wildman–Crippen MR) is 108 cm³/mol. The summed E-state index contributed by atoms with van der Waals surface area (Å²) in [6.07, 6.45) is -4.68. The number of aromatic nitrogens is 2. The van der Waals surface area contributed by atoms with Gasteiger partial charge in [-0.3, -0.25) is 4.79 Å². The molecule has 1 amide bonds. The van der Waals surface area contributed by atoms with Gasteiger partial charge in [-0.05, 0) is 25.5 Å². The number of benzene rings is 2. The Bertz CT molecular complexity index is 991. The van der Waals surface area contributed by atoms with Gasteiger partial charge in [0.1, 0.15) is 10.3 Å². The minimum Gasteiger partial charge on any atom is -0.342 e. The molecule has 0 unspecified atom stereocenters. The van der Waals surface area contributed by atoms with E-state index in [4.69, 9.17) is 0 Å². The Morgan fingerprint density at radius 3 is 2.24 bits per heavy atom. The standard InChI is InChI=1S/C21H20F3N3OS/c1-3-27(4-2)19(28)17(14-10-6-5-7-11-14)29-18-15-12-8-9-13-16(15)25-20(26-18)21(22,23)24/h5-13,17H,3-4H2,1-2H3/t17-/m0/s1. The molecule has 0 aliphatic heterocycles. The van der Waals surface area contributed by atoms with Crippen molar-refractivity contribution in [3.63, 3.8) is 0 Å². The second-order valence-corrected chi connectivity index (χ2v) is 7.38. The molecule has 0 N–H and O–H groups in total. The highest BCUT2D eigenvalue weighted by molar-refractivity contribution is 8.00. The number of alkyl halides is 3.